The normalized spacial score (nSPS) is 17.1. The van der Waals surface area contributed by atoms with Gasteiger partial charge in [0.15, 0.2) is 11.6 Å². The lowest BCUT2D eigenvalue weighted by Gasteiger charge is -2.38. The number of nitrogens with two attached hydrogens (primary N) is 1. The number of halogens is 2. The molecule has 0 spiro atoms. The molecule has 0 amide bonds. The van der Waals surface area contributed by atoms with Gasteiger partial charge in [-0.2, -0.15) is 0 Å². The van der Waals surface area contributed by atoms with Gasteiger partial charge in [-0.05, 0) is 31.4 Å². The Balaban J connectivity index is 2.14. The van der Waals surface area contributed by atoms with Crippen LogP contribution in [0.2, 0.25) is 0 Å². The number of carbonyl (C=O) groups is 1. The van der Waals surface area contributed by atoms with E-state index in [9.17, 15) is 13.6 Å². The lowest BCUT2D eigenvalue weighted by molar-refractivity contribution is 0.0690. The lowest BCUT2D eigenvalue weighted by Crippen LogP contribution is -2.52. The van der Waals surface area contributed by atoms with Gasteiger partial charge >= 0.3 is 5.97 Å². The van der Waals surface area contributed by atoms with Gasteiger partial charge in [0.1, 0.15) is 0 Å². The number of rotatable bonds is 4. The van der Waals surface area contributed by atoms with Crippen LogP contribution in [-0.2, 0) is 0 Å². The fourth-order valence-electron chi connectivity index (χ4n) is 1.93. The molecule has 18 heavy (non-hydrogen) atoms. The molecule has 1 fully saturated rings. The SMILES string of the molecule is NC1(CNc2ccc(C(=O)O)c(F)c2F)CCC1. The van der Waals surface area contributed by atoms with Crippen molar-refractivity contribution in [2.24, 2.45) is 5.73 Å². The molecule has 98 valence electrons. The van der Waals surface area contributed by atoms with Crippen LogP contribution in [0.3, 0.4) is 0 Å². The summed E-state index contributed by atoms with van der Waals surface area (Å²) in [5, 5.41) is 11.4. The summed E-state index contributed by atoms with van der Waals surface area (Å²) in [7, 11) is 0. The maximum atomic E-state index is 13.6. The van der Waals surface area contributed by atoms with E-state index in [2.05, 4.69) is 5.32 Å². The second-order valence-corrected chi connectivity index (χ2v) is 4.66. The number of benzene rings is 1. The highest BCUT2D eigenvalue weighted by molar-refractivity contribution is 5.88. The Kier molecular flexibility index (Phi) is 3.21. The summed E-state index contributed by atoms with van der Waals surface area (Å²) in [6.07, 6.45) is 2.72. The van der Waals surface area contributed by atoms with Gasteiger partial charge in [-0.15, -0.1) is 0 Å². The molecular formula is C12H14F2N2O2. The molecule has 0 radical (unpaired) electrons. The highest BCUT2D eigenvalue weighted by atomic mass is 19.2. The molecule has 0 aliphatic heterocycles. The quantitative estimate of drug-likeness (QED) is 0.769. The van der Waals surface area contributed by atoms with Gasteiger partial charge in [0.2, 0.25) is 0 Å². The molecule has 1 aromatic rings. The predicted molar refractivity (Wildman–Crippen MR) is 62.6 cm³/mol. The molecular weight excluding hydrogens is 242 g/mol. The highest BCUT2D eigenvalue weighted by Crippen LogP contribution is 2.30. The average molecular weight is 256 g/mol. The van der Waals surface area contributed by atoms with Crippen LogP contribution in [0.1, 0.15) is 29.6 Å². The first-order valence-electron chi connectivity index (χ1n) is 5.67. The van der Waals surface area contributed by atoms with E-state index in [4.69, 9.17) is 10.8 Å². The first-order chi connectivity index (χ1) is 8.43. The Hall–Kier alpha value is -1.69. The Morgan fingerprint density at radius 1 is 1.39 bits per heavy atom. The van der Waals surface area contributed by atoms with Crippen molar-refractivity contribution in [3.05, 3.63) is 29.3 Å². The van der Waals surface area contributed by atoms with E-state index < -0.39 is 23.2 Å². The smallest absolute Gasteiger partial charge is 0.338 e. The molecule has 4 N–H and O–H groups in total. The maximum absolute atomic E-state index is 13.6. The topological polar surface area (TPSA) is 75.3 Å². The summed E-state index contributed by atoms with van der Waals surface area (Å²) in [4.78, 5) is 10.6. The highest BCUT2D eigenvalue weighted by Gasteiger charge is 2.32. The minimum Gasteiger partial charge on any atom is -0.478 e. The Morgan fingerprint density at radius 2 is 2.06 bits per heavy atom. The second kappa shape index (κ2) is 4.53. The molecule has 1 aliphatic carbocycles. The fourth-order valence-corrected chi connectivity index (χ4v) is 1.93. The number of carboxylic acids is 1. The molecule has 0 heterocycles. The van der Waals surface area contributed by atoms with E-state index in [0.717, 1.165) is 25.3 Å². The molecule has 2 rings (SSSR count). The monoisotopic (exact) mass is 256 g/mol. The predicted octanol–water partition coefficient (Wildman–Crippen LogP) is 1.96. The summed E-state index contributed by atoms with van der Waals surface area (Å²) in [5.41, 5.74) is 4.84. The van der Waals surface area contributed by atoms with Gasteiger partial charge in [-0.25, -0.2) is 13.6 Å². The van der Waals surface area contributed by atoms with Crippen molar-refractivity contribution in [3.63, 3.8) is 0 Å². The van der Waals surface area contributed by atoms with Crippen molar-refractivity contribution < 1.29 is 18.7 Å². The third-order valence-corrected chi connectivity index (χ3v) is 3.29. The van der Waals surface area contributed by atoms with Gasteiger partial charge in [-0.3, -0.25) is 0 Å². The zero-order chi connectivity index (χ0) is 13.3. The largest absolute Gasteiger partial charge is 0.478 e. The van der Waals surface area contributed by atoms with Crippen LogP contribution in [0, 0.1) is 11.6 Å². The number of carboxylic acid groups (broad SMARTS) is 1. The zero-order valence-corrected chi connectivity index (χ0v) is 9.67. The van der Waals surface area contributed by atoms with Crippen LogP contribution in [0.5, 0.6) is 0 Å². The number of anilines is 1. The first-order valence-corrected chi connectivity index (χ1v) is 5.67. The van der Waals surface area contributed by atoms with Crippen LogP contribution in [0.25, 0.3) is 0 Å². The Morgan fingerprint density at radius 3 is 2.56 bits per heavy atom. The standard InChI is InChI=1S/C12H14F2N2O2/c13-9-7(11(17)18)2-3-8(10(9)14)16-6-12(15)4-1-5-12/h2-3,16H,1,4-6,15H2,(H,17,18). The third-order valence-electron chi connectivity index (χ3n) is 3.29. The van der Waals surface area contributed by atoms with Crippen molar-refractivity contribution >= 4 is 11.7 Å². The minimum absolute atomic E-state index is 0.0609. The van der Waals surface area contributed by atoms with Crippen molar-refractivity contribution in [2.45, 2.75) is 24.8 Å². The molecule has 1 aliphatic rings. The molecule has 1 saturated carbocycles. The molecule has 0 aromatic heterocycles. The van der Waals surface area contributed by atoms with Gasteiger partial charge in [0, 0.05) is 12.1 Å². The van der Waals surface area contributed by atoms with Crippen molar-refractivity contribution in [1.29, 1.82) is 0 Å². The summed E-state index contributed by atoms with van der Waals surface area (Å²) >= 11 is 0. The first kappa shape index (κ1) is 12.8. The molecule has 0 saturated heterocycles. The van der Waals surface area contributed by atoms with Crippen LogP contribution in [0.4, 0.5) is 14.5 Å². The summed E-state index contributed by atoms with van der Waals surface area (Å²) in [6, 6.07) is 2.25. The van der Waals surface area contributed by atoms with Crippen LogP contribution in [-0.4, -0.2) is 23.2 Å². The van der Waals surface area contributed by atoms with Gasteiger partial charge in [0.25, 0.3) is 0 Å². The fraction of sp³-hybridized carbons (Fsp3) is 0.417. The van der Waals surface area contributed by atoms with Gasteiger partial charge in [0.05, 0.1) is 11.3 Å². The molecule has 0 bridgehead atoms. The Bertz CT molecular complexity index is 487. The van der Waals surface area contributed by atoms with Crippen molar-refractivity contribution in [3.8, 4) is 0 Å². The van der Waals surface area contributed by atoms with E-state index in [-0.39, 0.29) is 11.2 Å². The molecule has 0 atom stereocenters. The average Bonchev–Trinajstić information content (AvgIpc) is 2.28. The number of aromatic carboxylic acids is 1. The lowest BCUT2D eigenvalue weighted by atomic mass is 9.78. The van der Waals surface area contributed by atoms with E-state index in [0.29, 0.717) is 6.54 Å². The molecule has 4 nitrogen and oxygen atoms in total. The number of hydrogen-bond acceptors (Lipinski definition) is 3. The summed E-state index contributed by atoms with van der Waals surface area (Å²) in [6.45, 7) is 0.343. The Labute approximate surface area is 103 Å². The maximum Gasteiger partial charge on any atom is 0.338 e. The minimum atomic E-state index is -1.49. The van der Waals surface area contributed by atoms with E-state index in [1.54, 1.807) is 0 Å². The summed E-state index contributed by atoms with van der Waals surface area (Å²) in [5.74, 6) is -4.03. The van der Waals surface area contributed by atoms with E-state index >= 15 is 0 Å². The van der Waals surface area contributed by atoms with Gasteiger partial charge in [-0.1, -0.05) is 0 Å². The van der Waals surface area contributed by atoms with Gasteiger partial charge < -0.3 is 16.2 Å². The van der Waals surface area contributed by atoms with Crippen LogP contribution < -0.4 is 11.1 Å². The third kappa shape index (κ3) is 2.28. The van der Waals surface area contributed by atoms with Crippen LogP contribution >= 0.6 is 0 Å². The second-order valence-electron chi connectivity index (χ2n) is 4.66. The van der Waals surface area contributed by atoms with Crippen LogP contribution in [0.15, 0.2) is 12.1 Å². The number of nitrogens with one attached hydrogen (secondary N) is 1. The summed E-state index contributed by atoms with van der Waals surface area (Å²) < 4.78 is 27.0. The van der Waals surface area contributed by atoms with E-state index in [1.807, 2.05) is 0 Å². The van der Waals surface area contributed by atoms with Crippen molar-refractivity contribution in [2.75, 3.05) is 11.9 Å². The van der Waals surface area contributed by atoms with Crippen molar-refractivity contribution in [1.82, 2.24) is 0 Å². The zero-order valence-electron chi connectivity index (χ0n) is 9.67. The molecule has 0 unspecified atom stereocenters. The molecule has 1 aromatic carbocycles. The molecule has 6 heteroatoms. The number of hydrogen-bond donors (Lipinski definition) is 3. The van der Waals surface area contributed by atoms with E-state index in [1.165, 1.54) is 6.07 Å².